The van der Waals surface area contributed by atoms with Crippen molar-refractivity contribution in [1.29, 1.82) is 0 Å². The molecule has 2 aliphatic heterocycles. The first-order valence-electron chi connectivity index (χ1n) is 9.57. The van der Waals surface area contributed by atoms with E-state index in [9.17, 15) is 0 Å². The summed E-state index contributed by atoms with van der Waals surface area (Å²) in [5.41, 5.74) is 0. The average Bonchev–Trinajstić information content (AvgIpc) is 3.02. The van der Waals surface area contributed by atoms with Gasteiger partial charge in [-0.1, -0.05) is 20.3 Å². The van der Waals surface area contributed by atoms with Gasteiger partial charge in [0, 0.05) is 25.2 Å². The van der Waals surface area contributed by atoms with Crippen LogP contribution in [0.5, 0.6) is 0 Å². The molecule has 0 aromatic heterocycles. The second-order valence-corrected chi connectivity index (χ2v) is 8.90. The van der Waals surface area contributed by atoms with Crippen molar-refractivity contribution in [1.82, 2.24) is 9.80 Å². The van der Waals surface area contributed by atoms with Gasteiger partial charge < -0.3 is 4.90 Å². The third-order valence-corrected chi connectivity index (χ3v) is 7.70. The van der Waals surface area contributed by atoms with Gasteiger partial charge in [0.1, 0.15) is 0 Å². The van der Waals surface area contributed by atoms with Crippen LogP contribution in [-0.2, 0) is 0 Å². The normalized spacial score (nSPS) is 51.3. The third-order valence-electron chi connectivity index (χ3n) is 7.70. The Kier molecular flexibility index (Phi) is 3.82. The average molecular weight is 290 g/mol. The second kappa shape index (κ2) is 5.53. The Morgan fingerprint density at radius 2 is 1.86 bits per heavy atom. The van der Waals surface area contributed by atoms with Crippen LogP contribution in [0.25, 0.3) is 0 Å². The fourth-order valence-corrected chi connectivity index (χ4v) is 6.45. The zero-order valence-corrected chi connectivity index (χ0v) is 14.3. The molecule has 7 atom stereocenters. The lowest BCUT2D eigenvalue weighted by Gasteiger charge is -2.51. The van der Waals surface area contributed by atoms with E-state index in [4.69, 9.17) is 0 Å². The molecule has 120 valence electrons. The number of fused-ring (bicyclic) bond motifs is 3. The lowest BCUT2D eigenvalue weighted by Crippen LogP contribution is -2.53. The molecule has 4 fully saturated rings. The maximum absolute atomic E-state index is 2.90. The molecule has 2 aliphatic carbocycles. The molecule has 0 aromatic rings. The summed E-state index contributed by atoms with van der Waals surface area (Å²) < 4.78 is 0. The smallest absolute Gasteiger partial charge is 0.0126 e. The molecule has 2 saturated carbocycles. The zero-order valence-electron chi connectivity index (χ0n) is 14.3. The van der Waals surface area contributed by atoms with Crippen LogP contribution < -0.4 is 0 Å². The first kappa shape index (κ1) is 14.5. The summed E-state index contributed by atoms with van der Waals surface area (Å²) in [5, 5.41) is 0. The van der Waals surface area contributed by atoms with Crippen LogP contribution in [0.4, 0.5) is 0 Å². The summed E-state index contributed by atoms with van der Waals surface area (Å²) in [6.45, 7) is 9.20. The molecule has 0 amide bonds. The topological polar surface area (TPSA) is 6.48 Å². The maximum Gasteiger partial charge on any atom is 0.0126 e. The molecule has 4 aliphatic rings. The van der Waals surface area contributed by atoms with Gasteiger partial charge in [-0.15, -0.1) is 0 Å². The molecular weight excluding hydrogens is 256 g/mol. The number of nitrogens with zero attached hydrogens (tertiary/aromatic N) is 2. The van der Waals surface area contributed by atoms with Crippen LogP contribution in [0.1, 0.15) is 52.4 Å². The summed E-state index contributed by atoms with van der Waals surface area (Å²) in [5.74, 6) is 4.95. The Hall–Kier alpha value is -0.0800. The van der Waals surface area contributed by atoms with Gasteiger partial charge in [-0.25, -0.2) is 0 Å². The fraction of sp³-hybridized carbons (Fsp3) is 1.00. The minimum Gasteiger partial charge on any atom is -0.303 e. The van der Waals surface area contributed by atoms with Crippen molar-refractivity contribution in [2.45, 2.75) is 64.5 Å². The molecule has 2 heterocycles. The Morgan fingerprint density at radius 1 is 1.00 bits per heavy atom. The van der Waals surface area contributed by atoms with E-state index in [0.717, 1.165) is 41.7 Å². The molecule has 7 unspecified atom stereocenters. The Morgan fingerprint density at radius 3 is 2.57 bits per heavy atom. The minimum atomic E-state index is 0.895. The fourth-order valence-electron chi connectivity index (χ4n) is 6.45. The maximum atomic E-state index is 2.90. The van der Waals surface area contributed by atoms with E-state index in [-0.39, 0.29) is 0 Å². The summed E-state index contributed by atoms with van der Waals surface area (Å²) >= 11 is 0. The van der Waals surface area contributed by atoms with Gasteiger partial charge in [0.25, 0.3) is 0 Å². The standard InChI is InChI=1S/C19H34N2/c1-13-7-8-20(3)18-6-4-5-15(19(13)18)11-21-12-16-10-17(21)9-14(16)2/h13-19H,4-12H2,1-3H3. The van der Waals surface area contributed by atoms with Crippen LogP contribution in [0.15, 0.2) is 0 Å². The molecular formula is C19H34N2. The molecule has 2 nitrogen and oxygen atoms in total. The number of rotatable bonds is 2. The zero-order chi connectivity index (χ0) is 14.6. The Bertz CT molecular complexity index is 380. The third kappa shape index (κ3) is 2.47. The highest BCUT2D eigenvalue weighted by molar-refractivity contribution is 4.99. The predicted molar refractivity (Wildman–Crippen MR) is 88.3 cm³/mol. The van der Waals surface area contributed by atoms with E-state index in [1.807, 2.05) is 0 Å². The largest absolute Gasteiger partial charge is 0.303 e. The Labute approximate surface area is 131 Å². The van der Waals surface area contributed by atoms with Gasteiger partial charge >= 0.3 is 0 Å². The number of piperidine rings is 2. The Balaban J connectivity index is 1.44. The van der Waals surface area contributed by atoms with E-state index in [0.29, 0.717) is 0 Å². The van der Waals surface area contributed by atoms with Crippen LogP contribution in [0, 0.1) is 29.6 Å². The van der Waals surface area contributed by atoms with Gasteiger partial charge in [0.15, 0.2) is 0 Å². The SMILES string of the molecule is CC1CC2CC1CN2CC1CCCC2C1C(C)CCN2C. The minimum absolute atomic E-state index is 0.895. The van der Waals surface area contributed by atoms with E-state index >= 15 is 0 Å². The first-order valence-corrected chi connectivity index (χ1v) is 9.57. The quantitative estimate of drug-likeness (QED) is 0.768. The lowest BCUT2D eigenvalue weighted by molar-refractivity contribution is -0.0107. The molecule has 0 aromatic carbocycles. The summed E-state index contributed by atoms with van der Waals surface area (Å²) in [4.78, 5) is 5.59. The molecule has 21 heavy (non-hydrogen) atoms. The predicted octanol–water partition coefficient (Wildman–Crippen LogP) is 3.47. The molecule has 2 saturated heterocycles. The van der Waals surface area contributed by atoms with Crippen molar-refractivity contribution in [3.63, 3.8) is 0 Å². The van der Waals surface area contributed by atoms with Gasteiger partial charge in [-0.2, -0.15) is 0 Å². The summed E-state index contributed by atoms with van der Waals surface area (Å²) in [6.07, 6.45) is 8.87. The molecule has 0 radical (unpaired) electrons. The monoisotopic (exact) mass is 290 g/mol. The van der Waals surface area contributed by atoms with E-state index in [1.54, 1.807) is 0 Å². The molecule has 4 rings (SSSR count). The highest BCUT2D eigenvalue weighted by Gasteiger charge is 2.46. The summed E-state index contributed by atoms with van der Waals surface area (Å²) in [6, 6.07) is 1.84. The van der Waals surface area contributed by atoms with Gasteiger partial charge in [0.05, 0.1) is 0 Å². The van der Waals surface area contributed by atoms with Gasteiger partial charge in [-0.05, 0) is 75.3 Å². The van der Waals surface area contributed by atoms with Crippen molar-refractivity contribution < 1.29 is 0 Å². The van der Waals surface area contributed by atoms with E-state index in [1.165, 1.54) is 58.2 Å². The molecule has 2 heteroatoms. The van der Waals surface area contributed by atoms with Crippen molar-refractivity contribution in [3.8, 4) is 0 Å². The van der Waals surface area contributed by atoms with Crippen molar-refractivity contribution >= 4 is 0 Å². The van der Waals surface area contributed by atoms with Gasteiger partial charge in [0.2, 0.25) is 0 Å². The van der Waals surface area contributed by atoms with Crippen LogP contribution in [0.3, 0.4) is 0 Å². The highest BCUT2D eigenvalue weighted by atomic mass is 15.2. The molecule has 0 spiro atoms. The van der Waals surface area contributed by atoms with Gasteiger partial charge in [-0.3, -0.25) is 4.90 Å². The van der Waals surface area contributed by atoms with Crippen LogP contribution >= 0.6 is 0 Å². The number of hydrogen-bond donors (Lipinski definition) is 0. The highest BCUT2D eigenvalue weighted by Crippen LogP contribution is 2.46. The van der Waals surface area contributed by atoms with Crippen molar-refractivity contribution in [2.24, 2.45) is 29.6 Å². The first-order chi connectivity index (χ1) is 10.1. The van der Waals surface area contributed by atoms with E-state index in [2.05, 4.69) is 30.7 Å². The summed E-state index contributed by atoms with van der Waals surface area (Å²) in [7, 11) is 2.38. The lowest BCUT2D eigenvalue weighted by atomic mass is 9.66. The molecule has 0 N–H and O–H groups in total. The van der Waals surface area contributed by atoms with E-state index < -0.39 is 0 Å². The molecule has 2 bridgehead atoms. The van der Waals surface area contributed by atoms with Crippen LogP contribution in [-0.4, -0.2) is 48.6 Å². The van der Waals surface area contributed by atoms with Crippen molar-refractivity contribution in [3.05, 3.63) is 0 Å². The van der Waals surface area contributed by atoms with Crippen LogP contribution in [0.2, 0.25) is 0 Å². The second-order valence-electron chi connectivity index (χ2n) is 8.90. The number of likely N-dealkylation sites (tertiary alicyclic amines) is 2. The number of hydrogen-bond acceptors (Lipinski definition) is 2. The van der Waals surface area contributed by atoms with Crippen molar-refractivity contribution in [2.75, 3.05) is 26.7 Å².